The SMILES string of the molecule is COCOc1cc2cc(OCc3ccccc3)ccc2cc1-c1ccc(C(=O)O)cc1. The molecule has 0 saturated heterocycles. The number of hydrogen-bond donors (Lipinski definition) is 1. The van der Waals surface area contributed by atoms with Gasteiger partial charge in [-0.3, -0.25) is 0 Å². The molecule has 0 aliphatic heterocycles. The number of carbonyl (C=O) groups is 1. The van der Waals surface area contributed by atoms with Crippen LogP contribution in [0.1, 0.15) is 15.9 Å². The van der Waals surface area contributed by atoms with Crippen molar-refractivity contribution in [2.75, 3.05) is 13.9 Å². The third-order valence-electron chi connectivity index (χ3n) is 4.93. The second-order valence-corrected chi connectivity index (χ2v) is 7.06. The zero-order valence-electron chi connectivity index (χ0n) is 17.1. The van der Waals surface area contributed by atoms with E-state index >= 15 is 0 Å². The Morgan fingerprint density at radius 1 is 0.839 bits per heavy atom. The first-order valence-electron chi connectivity index (χ1n) is 9.84. The van der Waals surface area contributed by atoms with Gasteiger partial charge in [-0.1, -0.05) is 48.5 Å². The second-order valence-electron chi connectivity index (χ2n) is 7.06. The first-order valence-corrected chi connectivity index (χ1v) is 9.84. The molecule has 5 nitrogen and oxygen atoms in total. The Morgan fingerprint density at radius 2 is 1.61 bits per heavy atom. The predicted molar refractivity (Wildman–Crippen MR) is 120 cm³/mol. The summed E-state index contributed by atoms with van der Waals surface area (Å²) in [5.74, 6) is 0.467. The first kappa shape index (κ1) is 20.4. The Balaban J connectivity index is 1.67. The molecule has 0 amide bonds. The molecule has 1 N–H and O–H groups in total. The lowest BCUT2D eigenvalue weighted by atomic mass is 9.99. The molecule has 0 heterocycles. The van der Waals surface area contributed by atoms with E-state index in [-0.39, 0.29) is 12.4 Å². The van der Waals surface area contributed by atoms with Crippen molar-refractivity contribution in [2.45, 2.75) is 6.61 Å². The highest BCUT2D eigenvalue weighted by atomic mass is 16.7. The summed E-state index contributed by atoms with van der Waals surface area (Å²) in [6.07, 6.45) is 0. The maximum absolute atomic E-state index is 11.2. The Labute approximate surface area is 180 Å². The molecule has 4 aromatic rings. The van der Waals surface area contributed by atoms with Gasteiger partial charge in [0.25, 0.3) is 0 Å². The lowest BCUT2D eigenvalue weighted by molar-refractivity contribution is 0.0516. The monoisotopic (exact) mass is 414 g/mol. The molecule has 5 heteroatoms. The summed E-state index contributed by atoms with van der Waals surface area (Å²) in [4.78, 5) is 11.2. The van der Waals surface area contributed by atoms with Crippen LogP contribution in [-0.4, -0.2) is 25.0 Å². The van der Waals surface area contributed by atoms with E-state index in [0.717, 1.165) is 33.2 Å². The van der Waals surface area contributed by atoms with Crippen molar-refractivity contribution >= 4 is 16.7 Å². The van der Waals surface area contributed by atoms with Crippen molar-refractivity contribution in [1.82, 2.24) is 0 Å². The Kier molecular flexibility index (Phi) is 6.15. The lowest BCUT2D eigenvalue weighted by Gasteiger charge is -2.14. The van der Waals surface area contributed by atoms with Crippen LogP contribution in [0.15, 0.2) is 84.9 Å². The molecule has 0 atom stereocenters. The molecule has 156 valence electrons. The Hall–Kier alpha value is -3.83. The molecule has 0 unspecified atom stereocenters. The maximum Gasteiger partial charge on any atom is 0.335 e. The second kappa shape index (κ2) is 9.32. The fourth-order valence-corrected chi connectivity index (χ4v) is 3.35. The lowest BCUT2D eigenvalue weighted by Crippen LogP contribution is -2.01. The maximum atomic E-state index is 11.2. The van der Waals surface area contributed by atoms with Crippen LogP contribution in [0.3, 0.4) is 0 Å². The number of carboxylic acid groups (broad SMARTS) is 1. The Bertz CT molecular complexity index is 1180. The van der Waals surface area contributed by atoms with Gasteiger partial charge in [0.05, 0.1) is 5.56 Å². The number of aromatic carboxylic acids is 1. The molecular weight excluding hydrogens is 392 g/mol. The molecule has 0 radical (unpaired) electrons. The van der Waals surface area contributed by atoms with Crippen LogP contribution in [0.4, 0.5) is 0 Å². The van der Waals surface area contributed by atoms with Crippen molar-refractivity contribution < 1.29 is 24.1 Å². The zero-order valence-corrected chi connectivity index (χ0v) is 17.1. The molecule has 0 aromatic heterocycles. The van der Waals surface area contributed by atoms with Crippen molar-refractivity contribution in [1.29, 1.82) is 0 Å². The molecule has 0 aliphatic rings. The molecule has 0 bridgehead atoms. The number of fused-ring (bicyclic) bond motifs is 1. The summed E-state index contributed by atoms with van der Waals surface area (Å²) >= 11 is 0. The molecule has 31 heavy (non-hydrogen) atoms. The standard InChI is InChI=1S/C26H22O5/c1-29-17-31-25-15-22-13-23(30-16-18-5-3-2-4-6-18)12-11-21(22)14-24(25)19-7-9-20(10-8-19)26(27)28/h2-15H,16-17H2,1H3,(H,27,28). The van der Waals surface area contributed by atoms with Gasteiger partial charge < -0.3 is 19.3 Å². The normalized spacial score (nSPS) is 10.7. The third kappa shape index (κ3) is 4.85. The average molecular weight is 414 g/mol. The van der Waals surface area contributed by atoms with E-state index in [4.69, 9.17) is 19.3 Å². The van der Waals surface area contributed by atoms with Gasteiger partial charge in [-0.2, -0.15) is 0 Å². The van der Waals surface area contributed by atoms with Crippen molar-refractivity contribution in [3.05, 3.63) is 96.1 Å². The topological polar surface area (TPSA) is 65.0 Å². The summed E-state index contributed by atoms with van der Waals surface area (Å²) in [5, 5.41) is 11.1. The molecule has 4 aromatic carbocycles. The third-order valence-corrected chi connectivity index (χ3v) is 4.93. The Morgan fingerprint density at radius 3 is 2.32 bits per heavy atom. The summed E-state index contributed by atoms with van der Waals surface area (Å²) in [7, 11) is 1.57. The average Bonchev–Trinajstić information content (AvgIpc) is 2.81. The smallest absolute Gasteiger partial charge is 0.335 e. The van der Waals surface area contributed by atoms with E-state index < -0.39 is 5.97 Å². The summed E-state index contributed by atoms with van der Waals surface area (Å²) < 4.78 is 16.9. The van der Waals surface area contributed by atoms with Crippen LogP contribution < -0.4 is 9.47 Å². The molecule has 0 saturated carbocycles. The van der Waals surface area contributed by atoms with Crippen LogP contribution in [-0.2, 0) is 11.3 Å². The number of ether oxygens (including phenoxy) is 3. The van der Waals surface area contributed by atoms with E-state index in [9.17, 15) is 4.79 Å². The van der Waals surface area contributed by atoms with E-state index in [0.29, 0.717) is 12.4 Å². The quantitative estimate of drug-likeness (QED) is 0.371. The molecule has 0 aliphatic carbocycles. The van der Waals surface area contributed by atoms with Crippen molar-refractivity contribution in [2.24, 2.45) is 0 Å². The number of hydrogen-bond acceptors (Lipinski definition) is 4. The molecule has 0 fully saturated rings. The van der Waals surface area contributed by atoms with Gasteiger partial charge in [0.2, 0.25) is 0 Å². The summed E-state index contributed by atoms with van der Waals surface area (Å²) in [6.45, 7) is 0.600. The van der Waals surface area contributed by atoms with Crippen molar-refractivity contribution in [3.8, 4) is 22.6 Å². The molecule has 4 rings (SSSR count). The van der Waals surface area contributed by atoms with Gasteiger partial charge in [-0.15, -0.1) is 0 Å². The fraction of sp³-hybridized carbons (Fsp3) is 0.115. The van der Waals surface area contributed by atoms with Crippen LogP contribution in [0.25, 0.3) is 21.9 Å². The summed E-state index contributed by atoms with van der Waals surface area (Å²) in [6, 6.07) is 26.6. The fourth-order valence-electron chi connectivity index (χ4n) is 3.35. The van der Waals surface area contributed by atoms with Crippen LogP contribution in [0, 0.1) is 0 Å². The van der Waals surface area contributed by atoms with E-state index in [1.165, 1.54) is 0 Å². The minimum absolute atomic E-state index is 0.107. The summed E-state index contributed by atoms with van der Waals surface area (Å²) in [5.41, 5.74) is 3.07. The zero-order chi connectivity index (χ0) is 21.6. The van der Waals surface area contributed by atoms with Gasteiger partial charge in [-0.25, -0.2) is 4.79 Å². The van der Waals surface area contributed by atoms with E-state index in [1.807, 2.05) is 60.7 Å². The van der Waals surface area contributed by atoms with Crippen LogP contribution >= 0.6 is 0 Å². The largest absolute Gasteiger partial charge is 0.489 e. The van der Waals surface area contributed by atoms with Crippen LogP contribution in [0.2, 0.25) is 0 Å². The number of methoxy groups -OCH3 is 1. The molecular formula is C26H22O5. The molecule has 0 spiro atoms. The van der Waals surface area contributed by atoms with Gasteiger partial charge in [0.1, 0.15) is 18.1 Å². The van der Waals surface area contributed by atoms with Gasteiger partial charge in [0, 0.05) is 12.7 Å². The minimum Gasteiger partial charge on any atom is -0.489 e. The van der Waals surface area contributed by atoms with Gasteiger partial charge >= 0.3 is 5.97 Å². The van der Waals surface area contributed by atoms with E-state index in [2.05, 4.69) is 0 Å². The van der Waals surface area contributed by atoms with Crippen LogP contribution in [0.5, 0.6) is 11.5 Å². The highest BCUT2D eigenvalue weighted by molar-refractivity contribution is 5.92. The first-order chi connectivity index (χ1) is 15.1. The number of carboxylic acids is 1. The van der Waals surface area contributed by atoms with Gasteiger partial charge in [0.15, 0.2) is 6.79 Å². The minimum atomic E-state index is -0.955. The van der Waals surface area contributed by atoms with E-state index in [1.54, 1.807) is 31.4 Å². The van der Waals surface area contributed by atoms with Crippen molar-refractivity contribution in [3.63, 3.8) is 0 Å². The number of rotatable bonds is 8. The van der Waals surface area contributed by atoms with Gasteiger partial charge in [-0.05, 0) is 58.3 Å². The highest BCUT2D eigenvalue weighted by Gasteiger charge is 2.11. The highest BCUT2D eigenvalue weighted by Crippen LogP contribution is 2.36. The number of benzene rings is 4. The predicted octanol–water partition coefficient (Wildman–Crippen LogP) is 5.77.